The molecule has 0 bridgehead atoms. The lowest BCUT2D eigenvalue weighted by molar-refractivity contribution is -0.161. The molecular weight excluding hydrogens is 266 g/mol. The minimum atomic E-state index is -0.378. The quantitative estimate of drug-likeness (QED) is 0.752. The van der Waals surface area contributed by atoms with E-state index in [1.165, 1.54) is 6.42 Å². The van der Waals surface area contributed by atoms with Gasteiger partial charge in [0.25, 0.3) is 0 Å². The highest BCUT2D eigenvalue weighted by atomic mass is 16.5. The van der Waals surface area contributed by atoms with Gasteiger partial charge in [0.05, 0.1) is 6.61 Å². The molecule has 4 atom stereocenters. The molecule has 0 radical (unpaired) electrons. The molecule has 4 heteroatoms. The average molecular weight is 295 g/mol. The van der Waals surface area contributed by atoms with Gasteiger partial charge in [-0.2, -0.15) is 0 Å². The number of hydrogen-bond acceptors (Lipinski definition) is 3. The second-order valence-electron chi connectivity index (χ2n) is 7.21. The molecule has 0 spiro atoms. The molecule has 2 rings (SSSR count). The van der Waals surface area contributed by atoms with Gasteiger partial charge in [-0.05, 0) is 43.4 Å². The van der Waals surface area contributed by atoms with Crippen molar-refractivity contribution >= 4 is 11.9 Å². The number of esters is 1. The summed E-state index contributed by atoms with van der Waals surface area (Å²) in [6.07, 6.45) is 4.87. The van der Waals surface area contributed by atoms with Gasteiger partial charge in [-0.1, -0.05) is 27.2 Å². The van der Waals surface area contributed by atoms with E-state index in [-0.39, 0.29) is 23.8 Å². The predicted octanol–water partition coefficient (Wildman–Crippen LogP) is 2.86. The molecule has 1 amide bonds. The van der Waals surface area contributed by atoms with Gasteiger partial charge < -0.3 is 9.64 Å². The van der Waals surface area contributed by atoms with Crippen LogP contribution in [0.25, 0.3) is 0 Å². The largest absolute Gasteiger partial charge is 0.464 e. The molecule has 1 saturated heterocycles. The van der Waals surface area contributed by atoms with Gasteiger partial charge in [0.15, 0.2) is 0 Å². The van der Waals surface area contributed by atoms with Crippen LogP contribution in [0.15, 0.2) is 0 Å². The highest BCUT2D eigenvalue weighted by Crippen LogP contribution is 2.39. The average Bonchev–Trinajstić information content (AvgIpc) is 2.45. The molecule has 120 valence electrons. The van der Waals surface area contributed by atoms with Crippen LogP contribution in [0.5, 0.6) is 0 Å². The molecule has 1 heterocycles. The highest BCUT2D eigenvalue weighted by molar-refractivity contribution is 5.86. The van der Waals surface area contributed by atoms with Gasteiger partial charge in [0.1, 0.15) is 6.04 Å². The molecule has 21 heavy (non-hydrogen) atoms. The van der Waals surface area contributed by atoms with Crippen molar-refractivity contribution in [2.24, 2.45) is 23.7 Å². The summed E-state index contributed by atoms with van der Waals surface area (Å²) in [4.78, 5) is 26.5. The smallest absolute Gasteiger partial charge is 0.328 e. The van der Waals surface area contributed by atoms with Gasteiger partial charge >= 0.3 is 5.97 Å². The molecule has 2 aliphatic rings. The number of amides is 1. The molecule has 1 unspecified atom stereocenters. The van der Waals surface area contributed by atoms with Gasteiger partial charge in [0.2, 0.25) is 5.91 Å². The molecule has 1 saturated carbocycles. The van der Waals surface area contributed by atoms with Crippen LogP contribution in [0.4, 0.5) is 0 Å². The van der Waals surface area contributed by atoms with Crippen molar-refractivity contribution in [2.75, 3.05) is 13.7 Å². The topological polar surface area (TPSA) is 46.6 Å². The molecule has 1 aliphatic carbocycles. The first-order valence-corrected chi connectivity index (χ1v) is 8.35. The first-order valence-electron chi connectivity index (χ1n) is 8.35. The fourth-order valence-electron chi connectivity index (χ4n) is 3.92. The first-order chi connectivity index (χ1) is 9.91. The summed E-state index contributed by atoms with van der Waals surface area (Å²) >= 11 is 0. The van der Waals surface area contributed by atoms with Crippen molar-refractivity contribution < 1.29 is 14.3 Å². The predicted molar refractivity (Wildman–Crippen MR) is 81.6 cm³/mol. The van der Waals surface area contributed by atoms with Crippen LogP contribution in [0.3, 0.4) is 0 Å². The van der Waals surface area contributed by atoms with Gasteiger partial charge in [-0.3, -0.25) is 4.79 Å². The Balaban J connectivity index is 2.09. The molecule has 2 fully saturated rings. The Hall–Kier alpha value is -1.06. The number of hydrogen-bond donors (Lipinski definition) is 0. The van der Waals surface area contributed by atoms with E-state index in [0.29, 0.717) is 24.4 Å². The van der Waals surface area contributed by atoms with Crippen molar-refractivity contribution in [3.63, 3.8) is 0 Å². The zero-order chi connectivity index (χ0) is 15.6. The Labute approximate surface area is 128 Å². The zero-order valence-electron chi connectivity index (χ0n) is 13.8. The lowest BCUT2D eigenvalue weighted by atomic mass is 9.69. The minimum Gasteiger partial charge on any atom is -0.464 e. The highest BCUT2D eigenvalue weighted by Gasteiger charge is 2.40. The SMILES string of the molecule is CC(C)[C@@H]1CC[C@@H](C)C[C@H]1C(=O)N(C)C1CCCOC1=O. The third-order valence-corrected chi connectivity index (χ3v) is 5.29. The lowest BCUT2D eigenvalue weighted by Gasteiger charge is -2.40. The van der Waals surface area contributed by atoms with Crippen LogP contribution < -0.4 is 0 Å². The normalized spacial score (nSPS) is 33.7. The Morgan fingerprint density at radius 3 is 2.62 bits per heavy atom. The van der Waals surface area contributed by atoms with E-state index in [9.17, 15) is 9.59 Å². The summed E-state index contributed by atoms with van der Waals surface area (Å²) in [5, 5.41) is 0. The number of carbonyl (C=O) groups excluding carboxylic acids is 2. The molecule has 0 aromatic rings. The number of carbonyl (C=O) groups is 2. The van der Waals surface area contributed by atoms with Crippen LogP contribution in [0, 0.1) is 23.7 Å². The molecule has 0 aromatic heterocycles. The van der Waals surface area contributed by atoms with Crippen LogP contribution in [-0.2, 0) is 14.3 Å². The number of nitrogens with zero attached hydrogens (tertiary/aromatic N) is 1. The van der Waals surface area contributed by atoms with E-state index >= 15 is 0 Å². The van der Waals surface area contributed by atoms with E-state index in [1.807, 2.05) is 0 Å². The lowest BCUT2D eigenvalue weighted by Crippen LogP contribution is -2.50. The number of cyclic esters (lactones) is 1. The Morgan fingerprint density at radius 1 is 1.29 bits per heavy atom. The van der Waals surface area contributed by atoms with Gasteiger partial charge in [-0.15, -0.1) is 0 Å². The Morgan fingerprint density at radius 2 is 2.00 bits per heavy atom. The van der Waals surface area contributed by atoms with E-state index in [0.717, 1.165) is 25.7 Å². The minimum absolute atomic E-state index is 0.0634. The third kappa shape index (κ3) is 3.58. The Kier molecular flexibility index (Phi) is 5.28. The number of likely N-dealkylation sites (N-methyl/N-ethyl adjacent to an activating group) is 1. The summed E-state index contributed by atoms with van der Waals surface area (Å²) in [6, 6.07) is -0.378. The van der Waals surface area contributed by atoms with Gasteiger partial charge in [-0.25, -0.2) is 4.79 Å². The Bertz CT molecular complexity index is 393. The molecule has 0 aromatic carbocycles. The second-order valence-corrected chi connectivity index (χ2v) is 7.21. The van der Waals surface area contributed by atoms with Crippen molar-refractivity contribution in [3.05, 3.63) is 0 Å². The number of rotatable bonds is 3. The number of ether oxygens (including phenoxy) is 1. The molecule has 0 N–H and O–H groups in total. The maximum absolute atomic E-state index is 12.9. The fourth-order valence-corrected chi connectivity index (χ4v) is 3.92. The third-order valence-electron chi connectivity index (χ3n) is 5.29. The summed E-state index contributed by atoms with van der Waals surface area (Å²) in [6.45, 7) is 7.13. The van der Waals surface area contributed by atoms with Crippen LogP contribution >= 0.6 is 0 Å². The van der Waals surface area contributed by atoms with E-state index in [2.05, 4.69) is 20.8 Å². The second kappa shape index (κ2) is 6.80. The molecule has 1 aliphatic heterocycles. The summed E-state index contributed by atoms with van der Waals surface area (Å²) in [7, 11) is 1.77. The summed E-state index contributed by atoms with van der Waals surface area (Å²) in [5.41, 5.74) is 0. The molecular formula is C17H29NO3. The van der Waals surface area contributed by atoms with Crippen molar-refractivity contribution in [3.8, 4) is 0 Å². The zero-order valence-corrected chi connectivity index (χ0v) is 13.8. The van der Waals surface area contributed by atoms with E-state index < -0.39 is 0 Å². The standard InChI is InChI=1S/C17H29NO3/c1-11(2)13-8-7-12(3)10-14(13)16(19)18(4)15-6-5-9-21-17(15)20/h11-15H,5-10H2,1-4H3/t12-,13+,14-,15?/m1/s1. The maximum Gasteiger partial charge on any atom is 0.328 e. The molecule has 4 nitrogen and oxygen atoms in total. The fraction of sp³-hybridized carbons (Fsp3) is 0.882. The summed E-state index contributed by atoms with van der Waals surface area (Å²) < 4.78 is 5.11. The van der Waals surface area contributed by atoms with E-state index in [4.69, 9.17) is 4.74 Å². The first kappa shape index (κ1) is 16.3. The monoisotopic (exact) mass is 295 g/mol. The van der Waals surface area contributed by atoms with Crippen molar-refractivity contribution in [1.29, 1.82) is 0 Å². The maximum atomic E-state index is 12.9. The van der Waals surface area contributed by atoms with Crippen molar-refractivity contribution in [1.82, 2.24) is 4.90 Å². The van der Waals surface area contributed by atoms with Crippen LogP contribution in [0.2, 0.25) is 0 Å². The van der Waals surface area contributed by atoms with Gasteiger partial charge in [0, 0.05) is 13.0 Å². The van der Waals surface area contributed by atoms with Crippen LogP contribution in [-0.4, -0.2) is 36.5 Å². The van der Waals surface area contributed by atoms with Crippen molar-refractivity contribution in [2.45, 2.75) is 58.9 Å². The van der Waals surface area contributed by atoms with Crippen LogP contribution in [0.1, 0.15) is 52.9 Å². The van der Waals surface area contributed by atoms with E-state index in [1.54, 1.807) is 11.9 Å². The summed E-state index contributed by atoms with van der Waals surface area (Å²) in [5.74, 6) is 1.52.